The van der Waals surface area contributed by atoms with Crippen LogP contribution < -0.4 is 9.47 Å². The molecule has 4 heteroatoms. The van der Waals surface area contributed by atoms with E-state index in [1.54, 1.807) is 0 Å². The average Bonchev–Trinajstić information content (AvgIpc) is 3.00. The van der Waals surface area contributed by atoms with Crippen LogP contribution in [-0.4, -0.2) is 30.4 Å². The largest absolute Gasteiger partial charge is 0.454 e. The molecule has 0 bridgehead atoms. The summed E-state index contributed by atoms with van der Waals surface area (Å²) in [4.78, 5) is 2.24. The van der Waals surface area contributed by atoms with Gasteiger partial charge in [-0.25, -0.2) is 0 Å². The van der Waals surface area contributed by atoms with Gasteiger partial charge in [-0.05, 0) is 41.8 Å². The minimum absolute atomic E-state index is 0.254. The van der Waals surface area contributed by atoms with Gasteiger partial charge in [0.15, 0.2) is 11.5 Å². The van der Waals surface area contributed by atoms with E-state index in [0.29, 0.717) is 6.54 Å². The van der Waals surface area contributed by atoms with E-state index in [2.05, 4.69) is 36.2 Å². The third-order valence-electron chi connectivity index (χ3n) is 5.12. The maximum absolute atomic E-state index is 10.5. The number of fused-ring (bicyclic) bond motifs is 4. The molecule has 2 atom stereocenters. The summed E-state index contributed by atoms with van der Waals surface area (Å²) in [6.07, 6.45) is 0.494. The van der Waals surface area contributed by atoms with Crippen molar-refractivity contribution in [3.8, 4) is 22.6 Å². The van der Waals surface area contributed by atoms with Crippen LogP contribution in [0.2, 0.25) is 0 Å². The van der Waals surface area contributed by atoms with Gasteiger partial charge in [0.05, 0.1) is 6.10 Å². The molecule has 1 aliphatic carbocycles. The summed E-state index contributed by atoms with van der Waals surface area (Å²) in [5.41, 5.74) is 5.86. The summed E-state index contributed by atoms with van der Waals surface area (Å²) < 4.78 is 11.4. The van der Waals surface area contributed by atoms with Crippen LogP contribution in [0.5, 0.6) is 11.5 Å². The first-order valence-electron chi connectivity index (χ1n) is 7.67. The fraction of sp³-hybridized carbons (Fsp3) is 0.333. The van der Waals surface area contributed by atoms with E-state index < -0.39 is 6.10 Å². The lowest BCUT2D eigenvalue weighted by Gasteiger charge is -2.41. The van der Waals surface area contributed by atoms with E-state index in [4.69, 9.17) is 9.47 Å². The van der Waals surface area contributed by atoms with Crippen LogP contribution in [0.3, 0.4) is 0 Å². The lowest BCUT2D eigenvalue weighted by Crippen LogP contribution is -2.38. The van der Waals surface area contributed by atoms with E-state index in [9.17, 15) is 5.11 Å². The Balaban J connectivity index is 1.90. The topological polar surface area (TPSA) is 41.9 Å². The number of benzene rings is 2. The normalized spacial score (nSPS) is 24.8. The number of aliphatic hydroxyl groups excluding tert-OH is 1. The number of β-amino-alcohol motifs (C(OH)–C–C–N with tert-alkyl or cyclic N) is 1. The fourth-order valence-electron chi connectivity index (χ4n) is 4.11. The Morgan fingerprint density at radius 3 is 3.00 bits per heavy atom. The summed E-state index contributed by atoms with van der Waals surface area (Å²) in [6, 6.07) is 10.7. The molecule has 0 radical (unpaired) electrons. The Labute approximate surface area is 128 Å². The number of likely N-dealkylation sites (N-methyl/N-ethyl adjacent to an activating group) is 1. The molecule has 0 saturated carbocycles. The van der Waals surface area contributed by atoms with Crippen molar-refractivity contribution in [2.24, 2.45) is 0 Å². The van der Waals surface area contributed by atoms with Crippen molar-refractivity contribution in [2.45, 2.75) is 18.6 Å². The number of rotatable bonds is 0. The molecule has 2 unspecified atom stereocenters. The van der Waals surface area contributed by atoms with Gasteiger partial charge in [0.1, 0.15) is 0 Å². The number of aliphatic hydroxyl groups is 1. The lowest BCUT2D eigenvalue weighted by molar-refractivity contribution is 0.0831. The van der Waals surface area contributed by atoms with Crippen molar-refractivity contribution in [3.05, 3.63) is 47.0 Å². The Kier molecular flexibility index (Phi) is 2.41. The third kappa shape index (κ3) is 1.49. The van der Waals surface area contributed by atoms with E-state index in [-0.39, 0.29) is 12.8 Å². The molecule has 4 nitrogen and oxygen atoms in total. The molecule has 0 amide bonds. The van der Waals surface area contributed by atoms with E-state index in [1.165, 1.54) is 16.7 Å². The number of ether oxygens (including phenoxy) is 2. The lowest BCUT2D eigenvalue weighted by atomic mass is 9.76. The van der Waals surface area contributed by atoms with Crippen molar-refractivity contribution in [1.82, 2.24) is 4.90 Å². The molecule has 5 rings (SSSR count). The molecule has 2 aromatic carbocycles. The Bertz CT molecular complexity index is 786. The van der Waals surface area contributed by atoms with Crippen LogP contribution in [0.15, 0.2) is 30.3 Å². The average molecular weight is 295 g/mol. The summed E-state index contributed by atoms with van der Waals surface area (Å²) in [6.45, 7) is 0.906. The predicted octanol–water partition coefficient (Wildman–Crippen LogP) is 2.66. The molecule has 1 N–H and O–H groups in total. The molecule has 22 heavy (non-hydrogen) atoms. The van der Waals surface area contributed by atoms with E-state index in [0.717, 1.165) is 29.0 Å². The second-order valence-electron chi connectivity index (χ2n) is 6.32. The van der Waals surface area contributed by atoms with Crippen molar-refractivity contribution >= 4 is 0 Å². The second-order valence-corrected chi connectivity index (χ2v) is 6.32. The highest BCUT2D eigenvalue weighted by atomic mass is 16.7. The van der Waals surface area contributed by atoms with Crippen LogP contribution in [0.25, 0.3) is 11.1 Å². The first-order chi connectivity index (χ1) is 10.7. The van der Waals surface area contributed by atoms with Crippen LogP contribution in [0, 0.1) is 0 Å². The van der Waals surface area contributed by atoms with Crippen molar-refractivity contribution in [1.29, 1.82) is 0 Å². The maximum atomic E-state index is 10.5. The fourth-order valence-corrected chi connectivity index (χ4v) is 4.11. The molecular weight excluding hydrogens is 278 g/mol. The van der Waals surface area contributed by atoms with E-state index in [1.807, 2.05) is 6.07 Å². The molecule has 2 aromatic rings. The molecule has 2 heterocycles. The maximum Gasteiger partial charge on any atom is 0.231 e. The van der Waals surface area contributed by atoms with Crippen LogP contribution in [0.4, 0.5) is 0 Å². The SMILES string of the molecule is CN1CC(O)c2cc3c(c4c2C1Cc1ccccc1-4)OCO3. The standard InChI is InChI=1S/C18H17NO3/c1-19-8-14(20)12-7-15-18(22-9-21-15)17-11-5-3-2-4-10(11)6-13(19)16(12)17/h2-5,7,13-14,20H,6,8-9H2,1H3. The molecule has 0 saturated heterocycles. The second kappa shape index (κ2) is 4.24. The Morgan fingerprint density at radius 2 is 2.09 bits per heavy atom. The first-order valence-corrected chi connectivity index (χ1v) is 7.67. The molecule has 0 fully saturated rings. The van der Waals surface area contributed by atoms with Gasteiger partial charge in [-0.2, -0.15) is 0 Å². The van der Waals surface area contributed by atoms with Gasteiger partial charge in [-0.3, -0.25) is 4.90 Å². The van der Waals surface area contributed by atoms with Crippen molar-refractivity contribution in [2.75, 3.05) is 20.4 Å². The van der Waals surface area contributed by atoms with Gasteiger partial charge >= 0.3 is 0 Å². The van der Waals surface area contributed by atoms with Gasteiger partial charge in [-0.15, -0.1) is 0 Å². The number of nitrogens with zero attached hydrogens (tertiary/aromatic N) is 1. The zero-order valence-electron chi connectivity index (χ0n) is 12.4. The molecule has 3 aliphatic rings. The highest BCUT2D eigenvalue weighted by Gasteiger charge is 2.40. The highest BCUT2D eigenvalue weighted by Crippen LogP contribution is 2.54. The predicted molar refractivity (Wildman–Crippen MR) is 82.0 cm³/mol. The van der Waals surface area contributed by atoms with Crippen LogP contribution in [0.1, 0.15) is 28.8 Å². The smallest absolute Gasteiger partial charge is 0.231 e. The van der Waals surface area contributed by atoms with Gasteiger partial charge in [0.25, 0.3) is 0 Å². The van der Waals surface area contributed by atoms with Gasteiger partial charge < -0.3 is 14.6 Å². The van der Waals surface area contributed by atoms with Gasteiger partial charge in [0, 0.05) is 18.2 Å². The minimum Gasteiger partial charge on any atom is -0.454 e. The number of hydrogen-bond donors (Lipinski definition) is 1. The minimum atomic E-state index is -0.477. The van der Waals surface area contributed by atoms with Crippen LogP contribution >= 0.6 is 0 Å². The molecule has 2 aliphatic heterocycles. The molecule has 112 valence electrons. The van der Waals surface area contributed by atoms with Gasteiger partial charge in [-0.1, -0.05) is 24.3 Å². The Morgan fingerprint density at radius 1 is 1.23 bits per heavy atom. The quantitative estimate of drug-likeness (QED) is 0.811. The summed E-state index contributed by atoms with van der Waals surface area (Å²) in [5, 5.41) is 10.5. The monoisotopic (exact) mass is 295 g/mol. The Hall–Kier alpha value is -2.04. The van der Waals surface area contributed by atoms with Gasteiger partial charge in [0.2, 0.25) is 6.79 Å². The summed E-state index contributed by atoms with van der Waals surface area (Å²) in [7, 11) is 2.08. The summed E-state index contributed by atoms with van der Waals surface area (Å²) in [5.74, 6) is 1.59. The first kappa shape index (κ1) is 12.5. The third-order valence-corrected chi connectivity index (χ3v) is 5.12. The van der Waals surface area contributed by atoms with E-state index >= 15 is 0 Å². The highest BCUT2D eigenvalue weighted by molar-refractivity contribution is 5.84. The van der Waals surface area contributed by atoms with Crippen LogP contribution in [-0.2, 0) is 6.42 Å². The number of hydrogen-bond acceptors (Lipinski definition) is 4. The molecule has 0 aromatic heterocycles. The zero-order valence-corrected chi connectivity index (χ0v) is 12.4. The zero-order chi connectivity index (χ0) is 14.8. The molecular formula is C18H17NO3. The summed E-state index contributed by atoms with van der Waals surface area (Å²) >= 11 is 0. The molecule has 0 spiro atoms. The van der Waals surface area contributed by atoms with Crippen molar-refractivity contribution in [3.63, 3.8) is 0 Å². The van der Waals surface area contributed by atoms with Crippen molar-refractivity contribution < 1.29 is 14.6 Å².